The van der Waals surface area contributed by atoms with E-state index in [9.17, 15) is 9.18 Å². The first-order chi connectivity index (χ1) is 22.0. The number of aromatic nitrogens is 4. The summed E-state index contributed by atoms with van der Waals surface area (Å²) >= 11 is 6.85. The minimum atomic E-state index is -0.858. The fourth-order valence-corrected chi connectivity index (χ4v) is 7.79. The first-order valence-electron chi connectivity index (χ1n) is 15.6. The predicted octanol–water partition coefficient (Wildman–Crippen LogP) is 5.09. The molecule has 5 aliphatic heterocycles. The number of halogens is 2. The van der Waals surface area contributed by atoms with E-state index in [0.29, 0.717) is 68.5 Å². The van der Waals surface area contributed by atoms with Gasteiger partial charge in [0.2, 0.25) is 0 Å². The smallest absolute Gasteiger partial charge is 0.461 e. The normalized spacial score (nSPS) is 25.7. The topological polar surface area (TPSA) is 115 Å². The van der Waals surface area contributed by atoms with Gasteiger partial charge in [-0.05, 0) is 67.1 Å². The highest BCUT2D eigenvalue weighted by Crippen LogP contribution is 2.42. The molecule has 236 valence electrons. The summed E-state index contributed by atoms with van der Waals surface area (Å²) in [6.45, 7) is 3.36. The maximum atomic E-state index is 14.5. The average molecular weight is 637 g/mol. The van der Waals surface area contributed by atoms with Gasteiger partial charge in [-0.3, -0.25) is 10.00 Å². The average Bonchev–Trinajstić information content (AvgIpc) is 3.66. The Morgan fingerprint density at radius 2 is 2.07 bits per heavy atom. The van der Waals surface area contributed by atoms with Gasteiger partial charge in [-0.2, -0.15) is 15.1 Å². The highest BCUT2D eigenvalue weighted by molar-refractivity contribution is 6.33. The molecule has 0 radical (unpaired) electrons. The number of carbonyl (C=O) groups excluding carboxylic acids is 1. The van der Waals surface area contributed by atoms with Crippen LogP contribution < -0.4 is 9.64 Å². The van der Waals surface area contributed by atoms with Gasteiger partial charge in [-0.15, -0.1) is 0 Å². The van der Waals surface area contributed by atoms with Gasteiger partial charge in [0.25, 0.3) is 0 Å². The van der Waals surface area contributed by atoms with E-state index < -0.39 is 18.4 Å². The Labute approximate surface area is 263 Å². The lowest BCUT2D eigenvalue weighted by molar-refractivity contribution is -0.00448. The zero-order valence-corrected chi connectivity index (χ0v) is 25.5. The number of fused-ring (bicyclic) bond motifs is 8. The van der Waals surface area contributed by atoms with Gasteiger partial charge in [-0.25, -0.2) is 9.18 Å². The zero-order chi connectivity index (χ0) is 30.5. The fraction of sp³-hybridized carbons (Fsp3) is 0.500. The van der Waals surface area contributed by atoms with Crippen molar-refractivity contribution in [2.45, 2.75) is 49.9 Å². The van der Waals surface area contributed by atoms with E-state index in [-0.39, 0.29) is 24.8 Å². The van der Waals surface area contributed by atoms with Crippen LogP contribution in [-0.2, 0) is 20.6 Å². The summed E-state index contributed by atoms with van der Waals surface area (Å²) < 4.78 is 37.8. The van der Waals surface area contributed by atoms with Crippen molar-refractivity contribution in [1.29, 1.82) is 0 Å². The number of alkyl halides is 1. The first kappa shape index (κ1) is 28.7. The highest BCUT2D eigenvalue weighted by atomic mass is 35.5. The monoisotopic (exact) mass is 636 g/mol. The Bertz CT molecular complexity index is 1770. The Kier molecular flexibility index (Phi) is 7.38. The molecular formula is C32H34ClFN6O5. The van der Waals surface area contributed by atoms with Crippen molar-refractivity contribution in [3.63, 3.8) is 0 Å². The number of anilines is 1. The molecule has 11 nitrogen and oxygen atoms in total. The van der Waals surface area contributed by atoms with Crippen LogP contribution in [-0.4, -0.2) is 102 Å². The summed E-state index contributed by atoms with van der Waals surface area (Å²) in [5, 5.41) is 9.66. The van der Waals surface area contributed by atoms with Crippen molar-refractivity contribution in [3.05, 3.63) is 41.0 Å². The molecule has 9 rings (SSSR count). The maximum Gasteiger partial charge on any atom is 0.508 e. The Balaban J connectivity index is 1.27. The molecule has 45 heavy (non-hydrogen) atoms. The van der Waals surface area contributed by atoms with Gasteiger partial charge in [0.1, 0.15) is 24.7 Å². The second-order valence-electron chi connectivity index (χ2n) is 12.4. The maximum absolute atomic E-state index is 14.5. The molecule has 2 aromatic carbocycles. The molecule has 5 aliphatic rings. The number of nitrogens with one attached hydrogen (secondary N) is 1. The van der Waals surface area contributed by atoms with Crippen molar-refractivity contribution in [1.82, 2.24) is 25.1 Å². The predicted molar refractivity (Wildman–Crippen MR) is 166 cm³/mol. The number of aromatic amines is 1. The van der Waals surface area contributed by atoms with E-state index >= 15 is 0 Å². The molecule has 3 atom stereocenters. The van der Waals surface area contributed by atoms with Gasteiger partial charge < -0.3 is 23.8 Å². The fourth-order valence-electron chi connectivity index (χ4n) is 7.49. The van der Waals surface area contributed by atoms with Gasteiger partial charge in [0, 0.05) is 35.3 Å². The van der Waals surface area contributed by atoms with Crippen LogP contribution in [0.1, 0.15) is 31.2 Å². The van der Waals surface area contributed by atoms with E-state index in [4.69, 9.17) is 40.5 Å². The van der Waals surface area contributed by atoms with Gasteiger partial charge >= 0.3 is 12.2 Å². The number of hydrogen-bond acceptors (Lipinski definition) is 10. The van der Waals surface area contributed by atoms with Crippen LogP contribution >= 0.6 is 11.6 Å². The molecule has 4 aromatic rings. The number of H-pyrrole nitrogens is 1. The number of nitrogens with zero attached hydrogens (tertiary/aromatic N) is 5. The van der Waals surface area contributed by atoms with E-state index in [2.05, 4.69) is 21.2 Å². The van der Waals surface area contributed by atoms with E-state index in [1.165, 1.54) is 0 Å². The molecule has 3 fully saturated rings. The Morgan fingerprint density at radius 3 is 3.00 bits per heavy atom. The molecule has 3 saturated heterocycles. The van der Waals surface area contributed by atoms with Crippen molar-refractivity contribution < 1.29 is 28.1 Å². The molecule has 0 amide bonds. The second kappa shape index (κ2) is 11.6. The third-order valence-electron chi connectivity index (χ3n) is 9.56. The molecule has 0 unspecified atom stereocenters. The van der Waals surface area contributed by atoms with Crippen LogP contribution in [0.25, 0.3) is 32.9 Å². The lowest BCUT2D eigenvalue weighted by Gasteiger charge is -2.31. The lowest BCUT2D eigenvalue weighted by atomic mass is 9.93. The van der Waals surface area contributed by atoms with E-state index in [1.807, 2.05) is 23.1 Å². The quantitative estimate of drug-likeness (QED) is 0.305. The SMILES string of the molecule is O=C1OCCCc2c(Cl)cc3[nH]ncc3c2-c2ccc3c(nc(OC[C@@]45CCCN4C[C@H](F)C5)nc3c2)N2CCOC[C@H](C2)O1. The van der Waals surface area contributed by atoms with Crippen LogP contribution in [0, 0.1) is 0 Å². The Hall–Kier alpha value is -3.74. The summed E-state index contributed by atoms with van der Waals surface area (Å²) in [7, 11) is 0. The van der Waals surface area contributed by atoms with E-state index in [1.54, 1.807) is 6.20 Å². The zero-order valence-electron chi connectivity index (χ0n) is 24.8. The number of benzene rings is 2. The molecule has 0 aliphatic carbocycles. The first-order valence-corrected chi connectivity index (χ1v) is 16.0. The molecule has 2 aromatic heterocycles. The highest BCUT2D eigenvalue weighted by Gasteiger charge is 2.49. The molecule has 7 heterocycles. The van der Waals surface area contributed by atoms with Crippen molar-refractivity contribution >= 4 is 45.4 Å². The second-order valence-corrected chi connectivity index (χ2v) is 12.8. The van der Waals surface area contributed by atoms with Crippen molar-refractivity contribution in [2.24, 2.45) is 0 Å². The summed E-state index contributed by atoms with van der Waals surface area (Å²) in [6.07, 6.45) is 3.12. The minimum Gasteiger partial charge on any atom is -0.461 e. The summed E-state index contributed by atoms with van der Waals surface area (Å²) in [5.41, 5.74) is 3.95. The van der Waals surface area contributed by atoms with Crippen LogP contribution in [0.5, 0.6) is 6.01 Å². The number of ether oxygens (including phenoxy) is 4. The van der Waals surface area contributed by atoms with Crippen molar-refractivity contribution in [3.8, 4) is 17.1 Å². The largest absolute Gasteiger partial charge is 0.508 e. The van der Waals surface area contributed by atoms with Gasteiger partial charge in [0.05, 0.1) is 49.1 Å². The third-order valence-corrected chi connectivity index (χ3v) is 9.90. The molecule has 6 bridgehead atoms. The molecule has 0 saturated carbocycles. The van der Waals surface area contributed by atoms with Crippen LogP contribution in [0.2, 0.25) is 5.02 Å². The van der Waals surface area contributed by atoms with Gasteiger partial charge in [0.15, 0.2) is 0 Å². The third kappa shape index (κ3) is 5.32. The van der Waals surface area contributed by atoms with Gasteiger partial charge in [-0.1, -0.05) is 17.7 Å². The summed E-state index contributed by atoms with van der Waals surface area (Å²) in [5.74, 6) is 0.649. The number of hydrogen-bond donors (Lipinski definition) is 1. The lowest BCUT2D eigenvalue weighted by Crippen LogP contribution is -2.43. The molecular weight excluding hydrogens is 603 g/mol. The van der Waals surface area contributed by atoms with E-state index in [0.717, 1.165) is 52.4 Å². The number of rotatable bonds is 3. The summed E-state index contributed by atoms with van der Waals surface area (Å²) in [4.78, 5) is 26.7. The van der Waals surface area contributed by atoms with Crippen LogP contribution in [0.4, 0.5) is 15.0 Å². The van der Waals surface area contributed by atoms with Crippen LogP contribution in [0.15, 0.2) is 30.5 Å². The van der Waals surface area contributed by atoms with Crippen LogP contribution in [0.3, 0.4) is 0 Å². The van der Waals surface area contributed by atoms with Crippen molar-refractivity contribution in [2.75, 3.05) is 57.5 Å². The Morgan fingerprint density at radius 1 is 1.13 bits per heavy atom. The molecule has 1 N–H and O–H groups in total. The standard InChI is InChI=1S/C32H34ClFN6O5/c33-25-12-27-24(14-35-38-27)28-19-4-5-23-26(11-19)36-30(44-18-32-6-2-7-40(32)15-20(34)13-32)37-29(23)39-8-10-42-17-21(16-39)45-31(41)43-9-1-3-22(25)28/h4-5,11-12,14,20-21H,1-3,6-10,13,15-18H2,(H,35,38)/t20-,21+,32+/m1/s1. The minimum absolute atomic E-state index is 0.180. The molecule has 13 heteroatoms. The summed E-state index contributed by atoms with van der Waals surface area (Å²) in [6, 6.07) is 8.21. The number of carbonyl (C=O) groups is 1. The molecule has 0 spiro atoms.